The number of esters is 1. The standard InChI is InChI=1S/C11H22N2O5/c1-9(15)12-10(11(16)17-3)8-13(2)4-6-18-7-5-14/h10,14H,4-8H2,1-3H3,(H,12,15). The van der Waals surface area contributed by atoms with Crippen molar-refractivity contribution in [2.75, 3.05) is 47.1 Å². The SMILES string of the molecule is COC(=O)C(CN(C)CCOCCO)NC(C)=O. The van der Waals surface area contributed by atoms with Gasteiger partial charge in [-0.2, -0.15) is 0 Å². The average Bonchev–Trinajstić information content (AvgIpc) is 2.32. The molecule has 0 heterocycles. The zero-order chi connectivity index (χ0) is 14.0. The molecule has 0 aliphatic heterocycles. The number of carbonyl (C=O) groups is 2. The van der Waals surface area contributed by atoms with Crippen LogP contribution >= 0.6 is 0 Å². The van der Waals surface area contributed by atoms with Gasteiger partial charge < -0.3 is 24.8 Å². The largest absolute Gasteiger partial charge is 0.467 e. The van der Waals surface area contributed by atoms with Crippen LogP contribution < -0.4 is 5.32 Å². The number of aliphatic hydroxyl groups excluding tert-OH is 1. The molecule has 0 aromatic heterocycles. The van der Waals surface area contributed by atoms with E-state index in [0.29, 0.717) is 26.3 Å². The van der Waals surface area contributed by atoms with E-state index in [1.165, 1.54) is 14.0 Å². The molecule has 2 N–H and O–H groups in total. The number of amides is 1. The molecule has 18 heavy (non-hydrogen) atoms. The Kier molecular flexibility index (Phi) is 9.17. The van der Waals surface area contributed by atoms with Crippen LogP contribution in [0.5, 0.6) is 0 Å². The van der Waals surface area contributed by atoms with Crippen molar-refractivity contribution in [2.45, 2.75) is 13.0 Å². The number of nitrogens with zero attached hydrogens (tertiary/aromatic N) is 1. The molecular formula is C11H22N2O5. The number of ether oxygens (including phenoxy) is 2. The Morgan fingerprint density at radius 2 is 2.06 bits per heavy atom. The topological polar surface area (TPSA) is 88.1 Å². The summed E-state index contributed by atoms with van der Waals surface area (Å²) in [5, 5.41) is 11.1. The van der Waals surface area contributed by atoms with Gasteiger partial charge in [-0.3, -0.25) is 4.79 Å². The molecule has 0 radical (unpaired) electrons. The third-order valence-corrected chi connectivity index (χ3v) is 2.21. The maximum atomic E-state index is 11.4. The molecule has 1 atom stereocenters. The molecule has 0 saturated carbocycles. The summed E-state index contributed by atoms with van der Waals surface area (Å²) in [6, 6.07) is -0.685. The van der Waals surface area contributed by atoms with Crippen LogP contribution in [0.1, 0.15) is 6.92 Å². The van der Waals surface area contributed by atoms with E-state index in [1.54, 1.807) is 7.05 Å². The maximum absolute atomic E-state index is 11.4. The van der Waals surface area contributed by atoms with E-state index < -0.39 is 12.0 Å². The number of rotatable bonds is 9. The van der Waals surface area contributed by atoms with Crippen LogP contribution in [0.25, 0.3) is 0 Å². The summed E-state index contributed by atoms with van der Waals surface area (Å²) >= 11 is 0. The maximum Gasteiger partial charge on any atom is 0.329 e. The summed E-state index contributed by atoms with van der Waals surface area (Å²) in [5.41, 5.74) is 0. The van der Waals surface area contributed by atoms with Crippen LogP contribution in [0, 0.1) is 0 Å². The highest BCUT2D eigenvalue weighted by Gasteiger charge is 2.21. The lowest BCUT2D eigenvalue weighted by atomic mass is 10.2. The van der Waals surface area contributed by atoms with E-state index in [4.69, 9.17) is 9.84 Å². The van der Waals surface area contributed by atoms with Crippen LogP contribution in [0.2, 0.25) is 0 Å². The molecule has 0 aliphatic carbocycles. The molecule has 0 spiro atoms. The lowest BCUT2D eigenvalue weighted by molar-refractivity contribution is -0.145. The van der Waals surface area contributed by atoms with Crippen molar-refractivity contribution in [3.8, 4) is 0 Å². The summed E-state index contributed by atoms with van der Waals surface area (Å²) in [4.78, 5) is 24.2. The van der Waals surface area contributed by atoms with Gasteiger partial charge >= 0.3 is 5.97 Å². The van der Waals surface area contributed by atoms with Crippen LogP contribution in [0.3, 0.4) is 0 Å². The molecule has 0 bridgehead atoms. The van der Waals surface area contributed by atoms with E-state index in [1.807, 2.05) is 4.90 Å². The van der Waals surface area contributed by atoms with Gasteiger partial charge in [0.1, 0.15) is 6.04 Å². The van der Waals surface area contributed by atoms with Crippen molar-refractivity contribution in [3.05, 3.63) is 0 Å². The molecule has 106 valence electrons. The number of aliphatic hydroxyl groups is 1. The lowest BCUT2D eigenvalue weighted by Gasteiger charge is -2.22. The summed E-state index contributed by atoms with van der Waals surface area (Å²) in [6.07, 6.45) is 0. The average molecular weight is 262 g/mol. The molecule has 1 unspecified atom stereocenters. The molecule has 7 heteroatoms. The van der Waals surface area contributed by atoms with Gasteiger partial charge in [-0.1, -0.05) is 0 Å². The number of methoxy groups -OCH3 is 1. The molecule has 7 nitrogen and oxygen atoms in total. The Morgan fingerprint density at radius 3 is 2.56 bits per heavy atom. The van der Waals surface area contributed by atoms with Gasteiger partial charge in [-0.05, 0) is 7.05 Å². The van der Waals surface area contributed by atoms with Crippen LogP contribution in [0.15, 0.2) is 0 Å². The van der Waals surface area contributed by atoms with Gasteiger partial charge in [0.2, 0.25) is 5.91 Å². The summed E-state index contributed by atoms with van der Waals surface area (Å²) in [5.74, 6) is -0.761. The molecular weight excluding hydrogens is 240 g/mol. The molecule has 1 amide bonds. The van der Waals surface area contributed by atoms with Crippen LogP contribution in [-0.2, 0) is 19.1 Å². The van der Waals surface area contributed by atoms with E-state index in [0.717, 1.165) is 0 Å². The highest BCUT2D eigenvalue weighted by molar-refractivity contribution is 5.83. The van der Waals surface area contributed by atoms with Crippen LogP contribution in [0.4, 0.5) is 0 Å². The number of carbonyl (C=O) groups excluding carboxylic acids is 2. The third-order valence-electron chi connectivity index (χ3n) is 2.21. The molecule has 0 saturated heterocycles. The second-order valence-electron chi connectivity index (χ2n) is 3.87. The summed E-state index contributed by atoms with van der Waals surface area (Å²) < 4.78 is 9.72. The van der Waals surface area contributed by atoms with Crippen molar-refractivity contribution in [2.24, 2.45) is 0 Å². The summed E-state index contributed by atoms with van der Waals surface area (Å²) in [7, 11) is 3.08. The minimum Gasteiger partial charge on any atom is -0.467 e. The van der Waals surface area contributed by atoms with E-state index in [-0.39, 0.29) is 12.5 Å². The molecule has 0 aromatic carbocycles. The van der Waals surface area contributed by atoms with E-state index >= 15 is 0 Å². The first kappa shape index (κ1) is 16.8. The van der Waals surface area contributed by atoms with Crippen molar-refractivity contribution in [1.82, 2.24) is 10.2 Å². The fraction of sp³-hybridized carbons (Fsp3) is 0.818. The van der Waals surface area contributed by atoms with Crippen molar-refractivity contribution in [3.63, 3.8) is 0 Å². The van der Waals surface area contributed by atoms with Crippen molar-refractivity contribution < 1.29 is 24.2 Å². The van der Waals surface area contributed by atoms with Gasteiger partial charge in [0, 0.05) is 20.0 Å². The predicted molar refractivity (Wildman–Crippen MR) is 65.0 cm³/mol. The predicted octanol–water partition coefficient (Wildman–Crippen LogP) is -1.40. The number of nitrogens with one attached hydrogen (secondary N) is 1. The highest BCUT2D eigenvalue weighted by atomic mass is 16.5. The molecule has 0 aliphatic rings. The Labute approximate surface area is 107 Å². The normalized spacial score (nSPS) is 12.3. The Hall–Kier alpha value is -1.18. The Bertz CT molecular complexity index is 260. The quantitative estimate of drug-likeness (QED) is 0.393. The first-order chi connectivity index (χ1) is 8.51. The molecule has 0 aromatic rings. The minimum absolute atomic E-state index is 0.0135. The second-order valence-corrected chi connectivity index (χ2v) is 3.87. The second kappa shape index (κ2) is 9.81. The lowest BCUT2D eigenvalue weighted by Crippen LogP contribution is -2.48. The molecule has 0 rings (SSSR count). The van der Waals surface area contributed by atoms with Gasteiger partial charge in [0.25, 0.3) is 0 Å². The van der Waals surface area contributed by atoms with Crippen LogP contribution in [-0.4, -0.2) is 75.0 Å². The number of hydrogen-bond acceptors (Lipinski definition) is 6. The van der Waals surface area contributed by atoms with E-state index in [9.17, 15) is 9.59 Å². The zero-order valence-corrected chi connectivity index (χ0v) is 11.1. The zero-order valence-electron chi connectivity index (χ0n) is 11.1. The van der Waals surface area contributed by atoms with Crippen molar-refractivity contribution >= 4 is 11.9 Å². The third kappa shape index (κ3) is 7.99. The van der Waals surface area contributed by atoms with Gasteiger partial charge in [-0.25, -0.2) is 4.79 Å². The first-order valence-electron chi connectivity index (χ1n) is 5.73. The Morgan fingerprint density at radius 1 is 1.39 bits per heavy atom. The number of hydrogen-bond donors (Lipinski definition) is 2. The van der Waals surface area contributed by atoms with Gasteiger partial charge in [-0.15, -0.1) is 0 Å². The highest BCUT2D eigenvalue weighted by Crippen LogP contribution is 1.93. The van der Waals surface area contributed by atoms with Gasteiger partial charge in [0.15, 0.2) is 0 Å². The summed E-state index contributed by atoms with van der Waals surface area (Å²) in [6.45, 7) is 3.01. The fourth-order valence-corrected chi connectivity index (χ4v) is 1.36. The monoisotopic (exact) mass is 262 g/mol. The Balaban J connectivity index is 4.05. The first-order valence-corrected chi connectivity index (χ1v) is 5.73. The fourth-order valence-electron chi connectivity index (χ4n) is 1.36. The van der Waals surface area contributed by atoms with E-state index in [2.05, 4.69) is 10.1 Å². The van der Waals surface area contributed by atoms with Crippen molar-refractivity contribution in [1.29, 1.82) is 0 Å². The number of likely N-dealkylation sites (N-methyl/N-ethyl adjacent to an activating group) is 1. The molecule has 0 fully saturated rings. The smallest absolute Gasteiger partial charge is 0.329 e. The van der Waals surface area contributed by atoms with Gasteiger partial charge in [0.05, 0.1) is 26.9 Å². The minimum atomic E-state index is -0.685.